The average molecular weight is 201 g/mol. The van der Waals surface area contributed by atoms with E-state index in [0.717, 1.165) is 26.2 Å². The lowest BCUT2D eigenvalue weighted by Crippen LogP contribution is -2.49. The largest absolute Gasteiger partial charge is 0.377 e. The van der Waals surface area contributed by atoms with Crippen molar-refractivity contribution in [3.05, 3.63) is 0 Å². The molecule has 14 heavy (non-hydrogen) atoms. The number of hydrogen-bond donors (Lipinski definition) is 2. The van der Waals surface area contributed by atoms with Gasteiger partial charge in [0.05, 0.1) is 0 Å². The van der Waals surface area contributed by atoms with E-state index in [1.807, 2.05) is 0 Å². The van der Waals surface area contributed by atoms with Gasteiger partial charge in [0.25, 0.3) is 0 Å². The molecular weight excluding hydrogens is 178 g/mol. The molecule has 4 heteroatoms. The van der Waals surface area contributed by atoms with Crippen molar-refractivity contribution in [1.29, 1.82) is 0 Å². The van der Waals surface area contributed by atoms with Crippen molar-refractivity contribution in [3.8, 4) is 0 Å². The van der Waals surface area contributed by atoms with Crippen LogP contribution >= 0.6 is 0 Å². The molecule has 0 aromatic heterocycles. The van der Waals surface area contributed by atoms with Crippen molar-refractivity contribution in [2.45, 2.75) is 26.0 Å². The smallest absolute Gasteiger partial charge is 0.115 e. The first-order valence-electron chi connectivity index (χ1n) is 5.60. The van der Waals surface area contributed by atoms with Crippen molar-refractivity contribution >= 4 is 0 Å². The van der Waals surface area contributed by atoms with E-state index in [9.17, 15) is 0 Å². The zero-order valence-electron chi connectivity index (χ0n) is 9.15. The van der Waals surface area contributed by atoms with E-state index >= 15 is 0 Å². The summed E-state index contributed by atoms with van der Waals surface area (Å²) in [6.45, 7) is 8.37. The molecule has 0 spiro atoms. The summed E-state index contributed by atoms with van der Waals surface area (Å²) in [7, 11) is 0. The van der Waals surface area contributed by atoms with Crippen molar-refractivity contribution < 1.29 is 5.11 Å². The summed E-state index contributed by atoms with van der Waals surface area (Å²) in [5.41, 5.74) is 5.34. The molecule has 1 rings (SSSR count). The zero-order valence-corrected chi connectivity index (χ0v) is 9.15. The van der Waals surface area contributed by atoms with Crippen LogP contribution in [0.1, 0.15) is 19.8 Å². The van der Waals surface area contributed by atoms with Crippen LogP contribution in [0.25, 0.3) is 0 Å². The summed E-state index contributed by atoms with van der Waals surface area (Å²) in [5.74, 6) is 0. The summed E-state index contributed by atoms with van der Waals surface area (Å²) in [6, 6.07) is 0. The van der Waals surface area contributed by atoms with Crippen LogP contribution in [0, 0.1) is 0 Å². The Hall–Kier alpha value is -0.160. The third kappa shape index (κ3) is 4.37. The van der Waals surface area contributed by atoms with Crippen LogP contribution in [0.2, 0.25) is 0 Å². The van der Waals surface area contributed by atoms with Gasteiger partial charge in [-0.3, -0.25) is 4.90 Å². The van der Waals surface area contributed by atoms with E-state index < -0.39 is 6.23 Å². The van der Waals surface area contributed by atoms with Crippen LogP contribution in [-0.2, 0) is 0 Å². The minimum absolute atomic E-state index is 0.613. The van der Waals surface area contributed by atoms with Crippen LogP contribution in [0.15, 0.2) is 0 Å². The molecule has 0 aliphatic carbocycles. The van der Waals surface area contributed by atoms with Gasteiger partial charge in [0.15, 0.2) is 0 Å². The lowest BCUT2D eigenvalue weighted by molar-refractivity contribution is 0.0753. The molecule has 1 aliphatic rings. The Morgan fingerprint density at radius 3 is 2.29 bits per heavy atom. The number of β-amino-alcohol motifs (C(OH)–C–C–N with tert-alkyl or cyclic N) is 1. The predicted octanol–water partition coefficient (Wildman–Crippen LogP) is -0.319. The van der Waals surface area contributed by atoms with Gasteiger partial charge in [-0.2, -0.15) is 0 Å². The number of aliphatic hydroxyl groups is 1. The quantitative estimate of drug-likeness (QED) is 0.599. The first kappa shape index (κ1) is 11.9. The first-order valence-corrected chi connectivity index (χ1v) is 5.60. The Morgan fingerprint density at radius 1 is 1.21 bits per heavy atom. The molecule has 3 N–H and O–H groups in total. The molecule has 1 fully saturated rings. The molecule has 1 atom stereocenters. The van der Waals surface area contributed by atoms with Crippen molar-refractivity contribution in [3.63, 3.8) is 0 Å². The van der Waals surface area contributed by atoms with E-state index in [2.05, 4.69) is 16.7 Å². The number of aliphatic hydroxyl groups excluding tert-OH is 1. The molecule has 0 amide bonds. The summed E-state index contributed by atoms with van der Waals surface area (Å²) in [5, 5.41) is 9.03. The van der Waals surface area contributed by atoms with Gasteiger partial charge in [-0.25, -0.2) is 0 Å². The van der Waals surface area contributed by atoms with Crippen LogP contribution in [0.4, 0.5) is 0 Å². The van der Waals surface area contributed by atoms with E-state index in [1.54, 1.807) is 0 Å². The highest BCUT2D eigenvalue weighted by molar-refractivity contribution is 4.72. The third-order valence-electron chi connectivity index (χ3n) is 2.74. The number of unbranched alkanes of at least 4 members (excludes halogenated alkanes) is 1. The summed E-state index contributed by atoms with van der Waals surface area (Å²) >= 11 is 0. The van der Waals surface area contributed by atoms with Crippen LogP contribution in [0.3, 0.4) is 0 Å². The Bertz CT molecular complexity index is 144. The summed E-state index contributed by atoms with van der Waals surface area (Å²) in [6.07, 6.45) is 1.87. The third-order valence-corrected chi connectivity index (χ3v) is 2.74. The molecule has 1 saturated heterocycles. The van der Waals surface area contributed by atoms with Gasteiger partial charge in [0, 0.05) is 32.7 Å². The zero-order chi connectivity index (χ0) is 10.4. The van der Waals surface area contributed by atoms with Gasteiger partial charge in [-0.1, -0.05) is 13.3 Å². The molecule has 0 radical (unpaired) electrons. The standard InChI is InChI=1S/C10H23N3O/c1-2-3-4-12-5-7-13(8-6-12)9-10(11)14/h10,14H,2-9,11H2,1H3. The molecule has 1 aliphatic heterocycles. The van der Waals surface area contributed by atoms with Crippen molar-refractivity contribution in [2.75, 3.05) is 39.3 Å². The molecule has 1 heterocycles. The second-order valence-corrected chi connectivity index (χ2v) is 4.06. The van der Waals surface area contributed by atoms with Gasteiger partial charge in [0.2, 0.25) is 0 Å². The molecule has 0 saturated carbocycles. The number of hydrogen-bond acceptors (Lipinski definition) is 4. The molecular formula is C10H23N3O. The number of rotatable bonds is 5. The highest BCUT2D eigenvalue weighted by Crippen LogP contribution is 2.03. The topological polar surface area (TPSA) is 52.7 Å². The van der Waals surface area contributed by atoms with Gasteiger partial charge in [0.1, 0.15) is 6.23 Å². The fourth-order valence-corrected chi connectivity index (χ4v) is 1.84. The Balaban J connectivity index is 2.11. The van der Waals surface area contributed by atoms with Gasteiger partial charge in [-0.05, 0) is 13.0 Å². The molecule has 0 bridgehead atoms. The van der Waals surface area contributed by atoms with E-state index in [4.69, 9.17) is 10.8 Å². The SMILES string of the molecule is CCCCN1CCN(CC(N)O)CC1. The van der Waals surface area contributed by atoms with Gasteiger partial charge < -0.3 is 15.7 Å². The second kappa shape index (κ2) is 6.35. The number of nitrogens with two attached hydrogens (primary N) is 1. The van der Waals surface area contributed by atoms with Crippen LogP contribution in [0.5, 0.6) is 0 Å². The summed E-state index contributed by atoms with van der Waals surface area (Å²) in [4.78, 5) is 4.72. The number of piperazine rings is 1. The highest BCUT2D eigenvalue weighted by atomic mass is 16.3. The van der Waals surface area contributed by atoms with Crippen LogP contribution < -0.4 is 5.73 Å². The van der Waals surface area contributed by atoms with E-state index in [-0.39, 0.29) is 0 Å². The molecule has 84 valence electrons. The predicted molar refractivity (Wildman–Crippen MR) is 58.0 cm³/mol. The molecule has 1 unspecified atom stereocenters. The minimum atomic E-state index is -0.683. The second-order valence-electron chi connectivity index (χ2n) is 4.06. The average Bonchev–Trinajstić information content (AvgIpc) is 2.16. The van der Waals surface area contributed by atoms with E-state index in [1.165, 1.54) is 19.4 Å². The minimum Gasteiger partial charge on any atom is -0.377 e. The highest BCUT2D eigenvalue weighted by Gasteiger charge is 2.16. The lowest BCUT2D eigenvalue weighted by atomic mass is 10.2. The lowest BCUT2D eigenvalue weighted by Gasteiger charge is -2.35. The van der Waals surface area contributed by atoms with Crippen molar-refractivity contribution in [1.82, 2.24) is 9.80 Å². The maximum Gasteiger partial charge on any atom is 0.115 e. The monoisotopic (exact) mass is 201 g/mol. The van der Waals surface area contributed by atoms with Crippen molar-refractivity contribution in [2.24, 2.45) is 5.73 Å². The fourth-order valence-electron chi connectivity index (χ4n) is 1.84. The fraction of sp³-hybridized carbons (Fsp3) is 1.00. The normalized spacial score (nSPS) is 22.5. The maximum atomic E-state index is 9.03. The first-order chi connectivity index (χ1) is 6.72. The Kier molecular flexibility index (Phi) is 5.40. The molecule has 0 aromatic carbocycles. The van der Waals surface area contributed by atoms with Gasteiger partial charge in [-0.15, -0.1) is 0 Å². The van der Waals surface area contributed by atoms with Crippen LogP contribution in [-0.4, -0.2) is 60.4 Å². The Labute approximate surface area is 86.7 Å². The van der Waals surface area contributed by atoms with E-state index in [0.29, 0.717) is 6.54 Å². The van der Waals surface area contributed by atoms with Gasteiger partial charge >= 0.3 is 0 Å². The Morgan fingerprint density at radius 2 is 1.79 bits per heavy atom. The molecule has 0 aromatic rings. The summed E-state index contributed by atoms with van der Waals surface area (Å²) < 4.78 is 0. The molecule has 4 nitrogen and oxygen atoms in total. The maximum absolute atomic E-state index is 9.03. The number of nitrogens with zero attached hydrogens (tertiary/aromatic N) is 2.